The summed E-state index contributed by atoms with van der Waals surface area (Å²) in [6.07, 6.45) is 2.71. The van der Waals surface area contributed by atoms with E-state index in [4.69, 9.17) is 15.9 Å². The molecule has 2 aromatic rings. The van der Waals surface area contributed by atoms with Crippen molar-refractivity contribution in [2.75, 3.05) is 12.8 Å². The molecule has 0 aliphatic carbocycles. The van der Waals surface area contributed by atoms with E-state index in [9.17, 15) is 9.65 Å². The molecule has 31 heavy (non-hydrogen) atoms. The lowest BCUT2D eigenvalue weighted by molar-refractivity contribution is 0.226. The number of nitrogens with zero attached hydrogens (tertiary/aromatic N) is 2. The number of halogens is 1. The molecule has 2 aliphatic heterocycles. The van der Waals surface area contributed by atoms with Gasteiger partial charge in [0.25, 0.3) is 0 Å². The maximum absolute atomic E-state index is 14.2. The van der Waals surface area contributed by atoms with Crippen LogP contribution in [0.4, 0.5) is 10.2 Å². The zero-order valence-corrected chi connectivity index (χ0v) is 17.1. The first-order valence-electron chi connectivity index (χ1n) is 9.76. The number of anilines is 1. The van der Waals surface area contributed by atoms with Gasteiger partial charge in [0, 0.05) is 47.4 Å². The maximum atomic E-state index is 14.2. The van der Waals surface area contributed by atoms with Gasteiger partial charge in [-0.05, 0) is 43.2 Å². The second-order valence-electron chi connectivity index (χ2n) is 7.32. The quantitative estimate of drug-likeness (QED) is 0.473. The normalized spacial score (nSPS) is 22.6. The summed E-state index contributed by atoms with van der Waals surface area (Å²) in [5.41, 5.74) is 16.5. The highest BCUT2D eigenvalue weighted by molar-refractivity contribution is 5.91. The average Bonchev–Trinajstić information content (AvgIpc) is 3.17. The second kappa shape index (κ2) is 8.08. The van der Waals surface area contributed by atoms with Gasteiger partial charge in [-0.15, -0.1) is 0 Å². The molecule has 4 rings (SSSR count). The van der Waals surface area contributed by atoms with Crippen LogP contribution in [0.1, 0.15) is 36.1 Å². The molecule has 2 bridgehead atoms. The Bertz CT molecular complexity index is 1160. The van der Waals surface area contributed by atoms with Crippen molar-refractivity contribution in [3.63, 3.8) is 0 Å². The fourth-order valence-corrected chi connectivity index (χ4v) is 4.03. The maximum Gasteiger partial charge on any atom is 0.166 e. The molecule has 2 aliphatic rings. The van der Waals surface area contributed by atoms with Crippen molar-refractivity contribution >= 4 is 23.3 Å². The number of aromatic nitrogens is 1. The highest BCUT2D eigenvalue weighted by Gasteiger charge is 2.30. The molecule has 158 valence electrons. The van der Waals surface area contributed by atoms with Crippen LogP contribution in [0.2, 0.25) is 0 Å². The van der Waals surface area contributed by atoms with Gasteiger partial charge < -0.3 is 26.6 Å². The number of nitrogens with two attached hydrogens (primary N) is 1. The van der Waals surface area contributed by atoms with Crippen LogP contribution in [-0.4, -0.2) is 24.3 Å². The predicted octanol–water partition coefficient (Wildman–Crippen LogP) is 2.64. The van der Waals surface area contributed by atoms with Gasteiger partial charge in [0.1, 0.15) is 23.7 Å². The van der Waals surface area contributed by atoms with Crippen LogP contribution >= 0.6 is 0 Å². The van der Waals surface area contributed by atoms with Gasteiger partial charge in [0.15, 0.2) is 11.6 Å². The van der Waals surface area contributed by atoms with E-state index >= 15 is 0 Å². The Hall–Kier alpha value is -3.90. The Morgan fingerprint density at radius 3 is 2.94 bits per heavy atom. The van der Waals surface area contributed by atoms with Crippen molar-refractivity contribution in [2.24, 2.45) is 0 Å². The number of nitriles is 1. The molecule has 3 heterocycles. The molecule has 0 radical (unpaired) electrons. The smallest absolute Gasteiger partial charge is 0.166 e. The topological polar surface area (TPSA) is 132 Å². The minimum atomic E-state index is -0.556. The van der Waals surface area contributed by atoms with Crippen LogP contribution in [0, 0.1) is 22.6 Å². The van der Waals surface area contributed by atoms with Crippen LogP contribution < -0.4 is 26.6 Å². The van der Waals surface area contributed by atoms with Crippen LogP contribution in [0.3, 0.4) is 0 Å². The van der Waals surface area contributed by atoms with E-state index in [-0.39, 0.29) is 11.9 Å². The van der Waals surface area contributed by atoms with E-state index in [1.165, 1.54) is 18.3 Å². The van der Waals surface area contributed by atoms with E-state index < -0.39 is 11.9 Å². The van der Waals surface area contributed by atoms with Crippen LogP contribution in [-0.2, 0) is 0 Å². The standard InChI is InChI=1S/C22H22FN7O/c1-11-16-7-14(23)3-4-15(16)21(27-2)12(8-24)5-17-20(18(9-25)30-29-17)13-6-19(31-11)22(26)28-10-13/h3-4,6-8,10-11,17,24,27,29-30H,5H2,1-2H3,(H2,26,28)/b21-12-,24-8?. The number of benzene rings is 1. The molecule has 8 nitrogen and oxygen atoms in total. The van der Waals surface area contributed by atoms with Crippen LogP contribution in [0.25, 0.3) is 11.3 Å². The van der Waals surface area contributed by atoms with Crippen molar-refractivity contribution in [3.05, 3.63) is 64.2 Å². The van der Waals surface area contributed by atoms with Gasteiger partial charge in [-0.25, -0.2) is 14.8 Å². The minimum Gasteiger partial charge on any atom is -0.482 e. The van der Waals surface area contributed by atoms with Crippen molar-refractivity contribution < 1.29 is 9.13 Å². The van der Waals surface area contributed by atoms with Gasteiger partial charge in [-0.1, -0.05) is 0 Å². The average molecular weight is 419 g/mol. The molecule has 0 fully saturated rings. The summed E-state index contributed by atoms with van der Waals surface area (Å²) in [5.74, 6) is 0.154. The number of allylic oxidation sites excluding steroid dienone is 1. The number of pyridine rings is 1. The molecule has 6 N–H and O–H groups in total. The van der Waals surface area contributed by atoms with Crippen molar-refractivity contribution in [2.45, 2.75) is 25.5 Å². The summed E-state index contributed by atoms with van der Waals surface area (Å²) in [7, 11) is 1.76. The van der Waals surface area contributed by atoms with Crippen LogP contribution in [0.15, 0.2) is 41.7 Å². The number of nitrogens with one attached hydrogen (secondary N) is 4. The number of hydrazine groups is 1. The Morgan fingerprint density at radius 1 is 1.42 bits per heavy atom. The number of ether oxygens (including phenoxy) is 1. The Labute approximate surface area is 179 Å². The van der Waals surface area contributed by atoms with Crippen LogP contribution in [0.5, 0.6) is 5.75 Å². The fourth-order valence-electron chi connectivity index (χ4n) is 4.03. The minimum absolute atomic E-state index is 0.199. The molecule has 1 aromatic heterocycles. The third-order valence-electron chi connectivity index (χ3n) is 5.49. The first kappa shape index (κ1) is 20.4. The highest BCUT2D eigenvalue weighted by atomic mass is 19.1. The first-order chi connectivity index (χ1) is 15.0. The largest absolute Gasteiger partial charge is 0.482 e. The summed E-state index contributed by atoms with van der Waals surface area (Å²) in [6, 6.07) is 8.06. The zero-order chi connectivity index (χ0) is 22.1. The molecule has 0 amide bonds. The third-order valence-corrected chi connectivity index (χ3v) is 5.49. The number of fused-ring (bicyclic) bond motifs is 5. The molecule has 2 atom stereocenters. The molecular formula is C22H22FN7O. The summed E-state index contributed by atoms with van der Waals surface area (Å²) in [4.78, 5) is 4.25. The highest BCUT2D eigenvalue weighted by Crippen LogP contribution is 2.37. The molecule has 1 aromatic carbocycles. The number of rotatable bonds is 2. The lowest BCUT2D eigenvalue weighted by atomic mass is 9.90. The molecule has 0 saturated heterocycles. The fraction of sp³-hybridized carbons (Fsp3) is 0.227. The molecule has 0 spiro atoms. The number of nitrogen functional groups attached to an aromatic ring is 1. The van der Waals surface area contributed by atoms with Gasteiger partial charge in [-0.3, -0.25) is 0 Å². The van der Waals surface area contributed by atoms with Crippen molar-refractivity contribution in [1.82, 2.24) is 21.2 Å². The van der Waals surface area contributed by atoms with E-state index in [2.05, 4.69) is 27.2 Å². The Morgan fingerprint density at radius 2 is 2.23 bits per heavy atom. The zero-order valence-electron chi connectivity index (χ0n) is 17.1. The summed E-state index contributed by atoms with van der Waals surface area (Å²) < 4.78 is 20.3. The summed E-state index contributed by atoms with van der Waals surface area (Å²) in [6.45, 7) is 1.80. The summed E-state index contributed by atoms with van der Waals surface area (Å²) >= 11 is 0. The third kappa shape index (κ3) is 3.58. The van der Waals surface area contributed by atoms with Gasteiger partial charge in [-0.2, -0.15) is 5.26 Å². The lowest BCUT2D eigenvalue weighted by Crippen LogP contribution is -2.33. The van der Waals surface area contributed by atoms with Crippen molar-refractivity contribution in [3.8, 4) is 11.8 Å². The van der Waals surface area contributed by atoms with Gasteiger partial charge >= 0.3 is 0 Å². The Balaban J connectivity index is 2.00. The molecule has 0 saturated carbocycles. The Kier molecular flexibility index (Phi) is 5.31. The van der Waals surface area contributed by atoms with Gasteiger partial charge in [0.05, 0.1) is 6.04 Å². The van der Waals surface area contributed by atoms with E-state index in [1.54, 1.807) is 32.3 Å². The lowest BCUT2D eigenvalue weighted by Gasteiger charge is -2.24. The molecule has 2 unspecified atom stereocenters. The molecular weight excluding hydrogens is 397 g/mol. The van der Waals surface area contributed by atoms with Crippen molar-refractivity contribution in [1.29, 1.82) is 10.7 Å². The number of hydrogen-bond acceptors (Lipinski definition) is 8. The summed E-state index contributed by atoms with van der Waals surface area (Å²) in [5, 5.41) is 20.8. The molecule has 9 heteroatoms. The number of hydrogen-bond donors (Lipinski definition) is 5. The first-order valence-corrected chi connectivity index (χ1v) is 9.76. The SMILES string of the molecule is CN/C1=C(\C=N)CC2NNC(C#N)=C2c2cnc(N)c(c2)OC(C)c2cc(F)ccc21. The monoisotopic (exact) mass is 419 g/mol. The van der Waals surface area contributed by atoms with E-state index in [0.29, 0.717) is 45.8 Å². The van der Waals surface area contributed by atoms with E-state index in [0.717, 1.165) is 5.56 Å². The van der Waals surface area contributed by atoms with E-state index in [1.807, 2.05) is 0 Å². The predicted molar refractivity (Wildman–Crippen MR) is 116 cm³/mol. The second-order valence-corrected chi connectivity index (χ2v) is 7.32. The van der Waals surface area contributed by atoms with Gasteiger partial charge in [0.2, 0.25) is 0 Å².